The molecule has 0 unspecified atom stereocenters. The highest BCUT2D eigenvalue weighted by molar-refractivity contribution is 7.90. The van der Waals surface area contributed by atoms with E-state index in [0.717, 1.165) is 10.8 Å². The Labute approximate surface area is 180 Å². The number of amides is 1. The van der Waals surface area contributed by atoms with Crippen LogP contribution in [0.15, 0.2) is 35.2 Å². The fourth-order valence-electron chi connectivity index (χ4n) is 2.65. The average molecular weight is 499 g/mol. The van der Waals surface area contributed by atoms with Crippen molar-refractivity contribution in [2.75, 3.05) is 0 Å². The molecule has 2 aromatic carbocycles. The molecule has 0 saturated heterocycles. The highest BCUT2D eigenvalue weighted by Gasteiger charge is 2.43. The molecule has 3 rings (SSSR count). The van der Waals surface area contributed by atoms with E-state index in [1.165, 1.54) is 12.1 Å². The second-order valence-electron chi connectivity index (χ2n) is 6.28. The molecule has 15 heteroatoms. The Balaban J connectivity index is 2.09. The second-order valence-corrected chi connectivity index (χ2v) is 8.31. The van der Waals surface area contributed by atoms with Crippen molar-refractivity contribution in [1.29, 1.82) is 0 Å². The SMILES string of the molecule is Cc1ccc(-n2nnc(C(=O)NS(=O)(=O)c3c(F)cc(F)cc3F)c2C(F)(F)F)c(Cl)c1. The molecule has 0 radical (unpaired) electrons. The quantitative estimate of drug-likeness (QED) is 0.553. The minimum absolute atomic E-state index is 0.0128. The standard InChI is InChI=1S/C17H9ClF6N4O3S/c1-7-2-3-12(9(18)4-7)28-15(17(22,23)24)13(25-27-28)16(29)26-32(30,31)14-10(20)5-8(19)6-11(14)21/h2-6H,1H3,(H,26,29). The summed E-state index contributed by atoms with van der Waals surface area (Å²) in [7, 11) is -5.40. The van der Waals surface area contributed by atoms with Crippen LogP contribution in [0.2, 0.25) is 5.02 Å². The summed E-state index contributed by atoms with van der Waals surface area (Å²) in [4.78, 5) is 10.5. The first-order chi connectivity index (χ1) is 14.7. The number of rotatable bonds is 4. The molecule has 0 aliphatic heterocycles. The van der Waals surface area contributed by atoms with Gasteiger partial charge in [-0.3, -0.25) is 4.79 Å². The maximum atomic E-state index is 13.8. The predicted molar refractivity (Wildman–Crippen MR) is 97.1 cm³/mol. The Bertz CT molecular complexity index is 1320. The van der Waals surface area contributed by atoms with Crippen LogP contribution in [0.3, 0.4) is 0 Å². The number of sulfonamides is 1. The molecule has 0 atom stereocenters. The topological polar surface area (TPSA) is 93.9 Å². The molecule has 0 saturated carbocycles. The lowest BCUT2D eigenvalue weighted by molar-refractivity contribution is -0.143. The predicted octanol–water partition coefficient (Wildman–Crippen LogP) is 3.78. The van der Waals surface area contributed by atoms with E-state index < -0.39 is 55.8 Å². The summed E-state index contributed by atoms with van der Waals surface area (Å²) in [5, 5.41) is 6.11. The molecular weight excluding hydrogens is 490 g/mol. The fourth-order valence-corrected chi connectivity index (χ4v) is 4.04. The van der Waals surface area contributed by atoms with E-state index in [9.17, 15) is 39.6 Å². The molecule has 1 aromatic heterocycles. The van der Waals surface area contributed by atoms with Crippen LogP contribution in [-0.4, -0.2) is 29.3 Å². The van der Waals surface area contributed by atoms with Crippen molar-refractivity contribution in [1.82, 2.24) is 19.7 Å². The fraction of sp³-hybridized carbons (Fsp3) is 0.118. The minimum atomic E-state index is -5.40. The monoisotopic (exact) mass is 498 g/mol. The molecule has 7 nitrogen and oxygen atoms in total. The van der Waals surface area contributed by atoms with Crippen molar-refractivity contribution in [3.8, 4) is 5.69 Å². The van der Waals surface area contributed by atoms with Gasteiger partial charge in [-0.05, 0) is 24.6 Å². The third kappa shape index (κ3) is 4.41. The molecule has 0 aliphatic rings. The molecule has 3 aromatic rings. The van der Waals surface area contributed by atoms with E-state index in [4.69, 9.17) is 11.6 Å². The molecule has 32 heavy (non-hydrogen) atoms. The second kappa shape index (κ2) is 8.09. The summed E-state index contributed by atoms with van der Waals surface area (Å²) in [5.41, 5.74) is -3.04. The molecule has 1 N–H and O–H groups in total. The maximum Gasteiger partial charge on any atom is 0.435 e. The van der Waals surface area contributed by atoms with Crippen molar-refractivity contribution in [2.45, 2.75) is 18.0 Å². The number of benzene rings is 2. The van der Waals surface area contributed by atoms with Gasteiger partial charge in [0, 0.05) is 12.1 Å². The first-order valence-electron chi connectivity index (χ1n) is 8.23. The number of aryl methyl sites for hydroxylation is 1. The summed E-state index contributed by atoms with van der Waals surface area (Å²) >= 11 is 5.94. The van der Waals surface area contributed by atoms with Gasteiger partial charge in [0.1, 0.15) is 17.5 Å². The lowest BCUT2D eigenvalue weighted by Gasteiger charge is -2.13. The lowest BCUT2D eigenvalue weighted by atomic mass is 10.2. The van der Waals surface area contributed by atoms with Gasteiger partial charge in [-0.2, -0.15) is 13.2 Å². The van der Waals surface area contributed by atoms with Crippen molar-refractivity contribution in [3.05, 3.63) is 69.8 Å². The van der Waals surface area contributed by atoms with Crippen molar-refractivity contribution in [3.63, 3.8) is 0 Å². The van der Waals surface area contributed by atoms with Gasteiger partial charge in [0.05, 0.1) is 10.7 Å². The molecule has 0 spiro atoms. The molecule has 170 valence electrons. The number of nitrogens with one attached hydrogen (secondary N) is 1. The van der Waals surface area contributed by atoms with Gasteiger partial charge >= 0.3 is 6.18 Å². The first kappa shape index (κ1) is 23.5. The molecule has 0 fully saturated rings. The molecule has 0 bridgehead atoms. The number of nitrogens with zero attached hydrogens (tertiary/aromatic N) is 3. The summed E-state index contributed by atoms with van der Waals surface area (Å²) in [6.07, 6.45) is -5.28. The van der Waals surface area contributed by atoms with Crippen LogP contribution in [0.1, 0.15) is 21.7 Å². The summed E-state index contributed by atoms with van der Waals surface area (Å²) in [5.74, 6) is -7.26. The van der Waals surface area contributed by atoms with Crippen molar-refractivity contribution < 1.29 is 39.6 Å². The third-order valence-corrected chi connectivity index (χ3v) is 5.63. The van der Waals surface area contributed by atoms with Crippen LogP contribution in [0.4, 0.5) is 26.3 Å². The largest absolute Gasteiger partial charge is 0.435 e. The Morgan fingerprint density at radius 2 is 1.69 bits per heavy atom. The Morgan fingerprint density at radius 1 is 1.09 bits per heavy atom. The van der Waals surface area contributed by atoms with Crippen LogP contribution >= 0.6 is 11.6 Å². The normalized spacial score (nSPS) is 12.1. The number of hydrogen-bond acceptors (Lipinski definition) is 5. The van der Waals surface area contributed by atoms with Gasteiger partial charge in [-0.25, -0.2) is 31.0 Å². The lowest BCUT2D eigenvalue weighted by Crippen LogP contribution is -2.33. The number of halogens is 7. The van der Waals surface area contributed by atoms with Crippen molar-refractivity contribution in [2.24, 2.45) is 0 Å². The number of hydrogen-bond donors (Lipinski definition) is 1. The Morgan fingerprint density at radius 3 is 2.22 bits per heavy atom. The highest BCUT2D eigenvalue weighted by atomic mass is 35.5. The Hall–Kier alpha value is -3.13. The third-order valence-electron chi connectivity index (χ3n) is 3.94. The first-order valence-corrected chi connectivity index (χ1v) is 10.1. The van der Waals surface area contributed by atoms with Gasteiger partial charge in [0.2, 0.25) is 0 Å². The smallest absolute Gasteiger partial charge is 0.266 e. The zero-order valence-corrected chi connectivity index (χ0v) is 17.1. The van der Waals surface area contributed by atoms with Crippen LogP contribution in [0.25, 0.3) is 5.69 Å². The van der Waals surface area contributed by atoms with Crippen molar-refractivity contribution >= 4 is 27.5 Å². The molecular formula is C17H9ClF6N4O3S. The van der Waals surface area contributed by atoms with E-state index in [2.05, 4.69) is 10.3 Å². The van der Waals surface area contributed by atoms with Gasteiger partial charge in [0.25, 0.3) is 15.9 Å². The molecule has 0 aliphatic carbocycles. The van der Waals surface area contributed by atoms with Gasteiger partial charge in [0.15, 0.2) is 16.3 Å². The summed E-state index contributed by atoms with van der Waals surface area (Å²) in [6.45, 7) is 1.61. The van der Waals surface area contributed by atoms with Gasteiger partial charge in [-0.15, -0.1) is 5.10 Å². The molecule has 1 heterocycles. The van der Waals surface area contributed by atoms with E-state index in [1.54, 1.807) is 6.92 Å². The number of alkyl halides is 3. The van der Waals surface area contributed by atoms with Crippen LogP contribution < -0.4 is 4.72 Å². The zero-order valence-electron chi connectivity index (χ0n) is 15.5. The maximum absolute atomic E-state index is 13.8. The Kier molecular flexibility index (Phi) is 5.95. The van der Waals surface area contributed by atoms with E-state index in [0.29, 0.717) is 5.56 Å². The average Bonchev–Trinajstić information content (AvgIpc) is 3.05. The summed E-state index contributed by atoms with van der Waals surface area (Å²) in [6, 6.07) is 3.89. The van der Waals surface area contributed by atoms with Crippen LogP contribution in [-0.2, 0) is 16.2 Å². The summed E-state index contributed by atoms with van der Waals surface area (Å²) < 4.78 is 107. The number of carbonyl (C=O) groups excluding carboxylic acids is 1. The number of aromatic nitrogens is 3. The van der Waals surface area contributed by atoms with Crippen LogP contribution in [0.5, 0.6) is 0 Å². The van der Waals surface area contributed by atoms with E-state index in [1.807, 2.05) is 0 Å². The van der Waals surface area contributed by atoms with E-state index >= 15 is 0 Å². The van der Waals surface area contributed by atoms with Gasteiger partial charge in [-0.1, -0.05) is 22.9 Å². The highest BCUT2D eigenvalue weighted by Crippen LogP contribution is 2.34. The zero-order chi connectivity index (χ0) is 24.0. The van der Waals surface area contributed by atoms with Crippen LogP contribution in [0, 0.1) is 24.4 Å². The minimum Gasteiger partial charge on any atom is -0.266 e. The van der Waals surface area contributed by atoms with E-state index in [-0.39, 0.29) is 27.5 Å². The number of carbonyl (C=O) groups is 1. The molecule has 1 amide bonds. The van der Waals surface area contributed by atoms with Gasteiger partial charge < -0.3 is 0 Å².